The van der Waals surface area contributed by atoms with E-state index in [-0.39, 0.29) is 34.2 Å². The van der Waals surface area contributed by atoms with Gasteiger partial charge in [-0.2, -0.15) is 13.2 Å². The molecule has 0 fully saturated rings. The third-order valence-electron chi connectivity index (χ3n) is 3.32. The van der Waals surface area contributed by atoms with Gasteiger partial charge in [-0.3, -0.25) is 4.40 Å². The SMILES string of the molecule is CC(CO)CSc1nc2ccc(F)cc2n2c(C(F)(F)F)nnc12. The number of hydrogen-bond acceptors (Lipinski definition) is 5. The van der Waals surface area contributed by atoms with E-state index < -0.39 is 17.8 Å². The van der Waals surface area contributed by atoms with Crippen LogP contribution in [0.3, 0.4) is 0 Å². The van der Waals surface area contributed by atoms with Crippen molar-refractivity contribution in [2.24, 2.45) is 5.92 Å². The van der Waals surface area contributed by atoms with Crippen LogP contribution in [0.1, 0.15) is 12.7 Å². The lowest BCUT2D eigenvalue weighted by atomic mass is 10.2. The van der Waals surface area contributed by atoms with Gasteiger partial charge in [0.15, 0.2) is 5.65 Å². The number of benzene rings is 1. The van der Waals surface area contributed by atoms with Crippen molar-refractivity contribution in [3.8, 4) is 0 Å². The molecule has 0 radical (unpaired) electrons. The first-order valence-corrected chi connectivity index (χ1v) is 7.95. The molecule has 3 rings (SSSR count). The lowest BCUT2D eigenvalue weighted by Crippen LogP contribution is -2.12. The lowest BCUT2D eigenvalue weighted by Gasteiger charge is -2.11. The van der Waals surface area contributed by atoms with Crippen molar-refractivity contribution in [2.75, 3.05) is 12.4 Å². The highest BCUT2D eigenvalue weighted by molar-refractivity contribution is 7.99. The van der Waals surface area contributed by atoms with E-state index in [4.69, 9.17) is 5.11 Å². The van der Waals surface area contributed by atoms with Gasteiger partial charge in [0, 0.05) is 18.4 Å². The van der Waals surface area contributed by atoms with Gasteiger partial charge >= 0.3 is 6.18 Å². The number of rotatable bonds is 4. The fraction of sp³-hybridized carbons (Fsp3) is 0.357. The van der Waals surface area contributed by atoms with Gasteiger partial charge in [-0.15, -0.1) is 22.0 Å². The zero-order chi connectivity index (χ0) is 17.5. The molecule has 128 valence electrons. The van der Waals surface area contributed by atoms with Crippen molar-refractivity contribution in [3.63, 3.8) is 0 Å². The average molecular weight is 360 g/mol. The Morgan fingerprint density at radius 1 is 1.29 bits per heavy atom. The Hall–Kier alpha value is -1.94. The summed E-state index contributed by atoms with van der Waals surface area (Å²) in [5.41, 5.74) is 0.0609. The van der Waals surface area contributed by atoms with E-state index in [2.05, 4.69) is 15.2 Å². The second kappa shape index (κ2) is 6.17. The molecule has 5 nitrogen and oxygen atoms in total. The number of aliphatic hydroxyl groups excluding tert-OH is 1. The molecule has 3 aromatic rings. The lowest BCUT2D eigenvalue weighted by molar-refractivity contribution is -0.145. The van der Waals surface area contributed by atoms with Crippen molar-refractivity contribution in [2.45, 2.75) is 18.1 Å². The number of hydrogen-bond donors (Lipinski definition) is 1. The predicted octanol–water partition coefficient (Wildman–Crippen LogP) is 3.16. The molecule has 0 spiro atoms. The number of aromatic nitrogens is 4. The standard InChI is InChI=1S/C14H12F4N4OS/c1-7(5-23)6-24-12-11-20-21-13(14(16,17)18)22(11)10-4-8(15)2-3-9(10)19-12/h2-4,7,23H,5-6H2,1H3. The van der Waals surface area contributed by atoms with Gasteiger partial charge in [0.1, 0.15) is 10.8 Å². The number of halogens is 4. The molecule has 1 aromatic carbocycles. The summed E-state index contributed by atoms with van der Waals surface area (Å²) in [6.07, 6.45) is -4.74. The Bertz CT molecular complexity index is 896. The third-order valence-corrected chi connectivity index (χ3v) is 4.61. The summed E-state index contributed by atoms with van der Waals surface area (Å²) in [4.78, 5) is 4.27. The molecule has 24 heavy (non-hydrogen) atoms. The predicted molar refractivity (Wildman–Crippen MR) is 80.2 cm³/mol. The topological polar surface area (TPSA) is 63.3 Å². The molecule has 1 atom stereocenters. The Balaban J connectivity index is 2.26. The van der Waals surface area contributed by atoms with Crippen molar-refractivity contribution in [3.05, 3.63) is 29.8 Å². The highest BCUT2D eigenvalue weighted by Crippen LogP contribution is 2.33. The van der Waals surface area contributed by atoms with E-state index in [1.54, 1.807) is 6.92 Å². The summed E-state index contributed by atoms with van der Waals surface area (Å²) >= 11 is 1.17. The van der Waals surface area contributed by atoms with Crippen LogP contribution in [0.4, 0.5) is 17.6 Å². The number of fused-ring (bicyclic) bond motifs is 3. The van der Waals surface area contributed by atoms with Gasteiger partial charge in [0.25, 0.3) is 0 Å². The van der Waals surface area contributed by atoms with Gasteiger partial charge < -0.3 is 5.11 Å². The van der Waals surface area contributed by atoms with Crippen LogP contribution in [0.15, 0.2) is 23.2 Å². The van der Waals surface area contributed by atoms with Crippen LogP contribution in [0.5, 0.6) is 0 Å². The van der Waals surface area contributed by atoms with E-state index in [0.717, 1.165) is 16.5 Å². The minimum Gasteiger partial charge on any atom is -0.396 e. The molecule has 10 heteroatoms. The molecule has 0 aliphatic heterocycles. The van der Waals surface area contributed by atoms with Crippen molar-refractivity contribution < 1.29 is 22.7 Å². The summed E-state index contributed by atoms with van der Waals surface area (Å²) in [7, 11) is 0. The van der Waals surface area contributed by atoms with Crippen LogP contribution in [-0.2, 0) is 6.18 Å². The Morgan fingerprint density at radius 2 is 2.04 bits per heavy atom. The van der Waals surface area contributed by atoms with Gasteiger partial charge in [0.2, 0.25) is 5.82 Å². The molecule has 0 aliphatic rings. The van der Waals surface area contributed by atoms with Crippen LogP contribution in [0.25, 0.3) is 16.7 Å². The first kappa shape index (κ1) is 16.9. The second-order valence-corrected chi connectivity index (χ2v) is 6.34. The summed E-state index contributed by atoms with van der Waals surface area (Å²) in [5, 5.41) is 16.1. The number of aliphatic hydroxyl groups is 1. The van der Waals surface area contributed by atoms with Crippen LogP contribution in [0, 0.1) is 11.7 Å². The minimum atomic E-state index is -4.74. The fourth-order valence-corrected chi connectivity index (χ4v) is 3.11. The Morgan fingerprint density at radius 3 is 2.71 bits per heavy atom. The number of nitrogens with zero attached hydrogens (tertiary/aromatic N) is 4. The first-order valence-electron chi connectivity index (χ1n) is 6.96. The van der Waals surface area contributed by atoms with Gasteiger partial charge in [-0.05, 0) is 18.1 Å². The van der Waals surface area contributed by atoms with Crippen molar-refractivity contribution >= 4 is 28.4 Å². The summed E-state index contributed by atoms with van der Waals surface area (Å²) in [6, 6.07) is 3.41. The van der Waals surface area contributed by atoms with Gasteiger partial charge in [-0.25, -0.2) is 9.37 Å². The maximum atomic E-state index is 13.5. The van der Waals surface area contributed by atoms with Crippen molar-refractivity contribution in [1.82, 2.24) is 19.6 Å². The summed E-state index contributed by atoms with van der Waals surface area (Å²) in [6.45, 7) is 1.74. The normalized spacial score (nSPS) is 13.8. The van der Waals surface area contributed by atoms with Crippen molar-refractivity contribution in [1.29, 1.82) is 0 Å². The van der Waals surface area contributed by atoms with Crippen LogP contribution >= 0.6 is 11.8 Å². The van der Waals surface area contributed by atoms with E-state index in [0.29, 0.717) is 5.75 Å². The third kappa shape index (κ3) is 3.03. The first-order chi connectivity index (χ1) is 11.3. The maximum Gasteiger partial charge on any atom is 0.452 e. The number of alkyl halides is 3. The summed E-state index contributed by atoms with van der Waals surface area (Å²) < 4.78 is 53.9. The fourth-order valence-electron chi connectivity index (χ4n) is 2.13. The molecule has 1 unspecified atom stereocenters. The number of thioether (sulfide) groups is 1. The van der Waals surface area contributed by atoms with E-state index in [1.165, 1.54) is 17.8 Å². The molecule has 2 heterocycles. The van der Waals surface area contributed by atoms with E-state index >= 15 is 0 Å². The van der Waals surface area contributed by atoms with Gasteiger partial charge in [0.05, 0.1) is 11.0 Å². The molecular weight excluding hydrogens is 348 g/mol. The van der Waals surface area contributed by atoms with Crippen LogP contribution < -0.4 is 0 Å². The molecule has 0 saturated heterocycles. The Labute approximate surface area is 137 Å². The van der Waals surface area contributed by atoms with E-state index in [1.807, 2.05) is 0 Å². The second-order valence-electron chi connectivity index (χ2n) is 5.33. The molecule has 1 N–H and O–H groups in total. The minimum absolute atomic E-state index is 0.0530. The van der Waals surface area contributed by atoms with Crippen LogP contribution in [0.2, 0.25) is 0 Å². The maximum absolute atomic E-state index is 13.5. The largest absolute Gasteiger partial charge is 0.452 e. The zero-order valence-electron chi connectivity index (χ0n) is 12.4. The highest BCUT2D eigenvalue weighted by Gasteiger charge is 2.38. The quantitative estimate of drug-likeness (QED) is 0.572. The molecule has 0 saturated carbocycles. The molecular formula is C14H12F4N4OS. The molecule has 0 aliphatic carbocycles. The Kier molecular flexibility index (Phi) is 4.35. The zero-order valence-corrected chi connectivity index (χ0v) is 13.2. The molecule has 2 aromatic heterocycles. The smallest absolute Gasteiger partial charge is 0.396 e. The molecule has 0 bridgehead atoms. The average Bonchev–Trinajstić information content (AvgIpc) is 2.98. The van der Waals surface area contributed by atoms with E-state index in [9.17, 15) is 17.6 Å². The summed E-state index contributed by atoms with van der Waals surface area (Å²) in [5.74, 6) is -1.53. The van der Waals surface area contributed by atoms with Crippen LogP contribution in [-0.4, -0.2) is 37.0 Å². The highest BCUT2D eigenvalue weighted by atomic mass is 32.2. The molecule has 0 amide bonds. The monoisotopic (exact) mass is 360 g/mol. The van der Waals surface area contributed by atoms with Gasteiger partial charge in [-0.1, -0.05) is 6.92 Å².